The fraction of sp³-hybridized carbons (Fsp3) is 0.154. The van der Waals surface area contributed by atoms with Gasteiger partial charge in [0.15, 0.2) is 5.78 Å². The van der Waals surface area contributed by atoms with Crippen molar-refractivity contribution in [3.05, 3.63) is 35.4 Å². The average molecular weight is 216 g/mol. The van der Waals surface area contributed by atoms with Crippen LogP contribution in [0.3, 0.4) is 0 Å². The van der Waals surface area contributed by atoms with Gasteiger partial charge < -0.3 is 10.2 Å². The Balaban J connectivity index is 3.04. The summed E-state index contributed by atoms with van der Waals surface area (Å²) >= 11 is 0. The fourth-order valence-corrected chi connectivity index (χ4v) is 1.89. The Morgan fingerprint density at radius 2 is 1.62 bits per heavy atom. The van der Waals surface area contributed by atoms with Gasteiger partial charge in [-0.3, -0.25) is 4.79 Å². The second kappa shape index (κ2) is 3.52. The van der Waals surface area contributed by atoms with E-state index in [4.69, 9.17) is 0 Å². The lowest BCUT2D eigenvalue weighted by molar-refractivity contribution is 0.101. The molecule has 2 aromatic carbocycles. The Morgan fingerprint density at radius 1 is 1.06 bits per heavy atom. The third-order valence-corrected chi connectivity index (χ3v) is 2.75. The molecular formula is C13H12O3. The Bertz CT molecular complexity index is 585. The highest BCUT2D eigenvalue weighted by Crippen LogP contribution is 2.38. The maximum Gasteiger partial charge on any atom is 0.164 e. The van der Waals surface area contributed by atoms with E-state index >= 15 is 0 Å². The molecule has 0 saturated carbocycles. The van der Waals surface area contributed by atoms with Crippen LogP contribution in [-0.4, -0.2) is 16.0 Å². The highest BCUT2D eigenvalue weighted by atomic mass is 16.3. The van der Waals surface area contributed by atoms with Crippen LogP contribution in [0.2, 0.25) is 0 Å². The maximum atomic E-state index is 11.5. The van der Waals surface area contributed by atoms with Crippen molar-refractivity contribution < 1.29 is 15.0 Å². The van der Waals surface area contributed by atoms with E-state index in [1.807, 2.05) is 0 Å². The van der Waals surface area contributed by atoms with Gasteiger partial charge in [0.25, 0.3) is 0 Å². The second-order valence-electron chi connectivity index (χ2n) is 3.80. The predicted molar refractivity (Wildman–Crippen MR) is 62.0 cm³/mol. The topological polar surface area (TPSA) is 57.5 Å². The average Bonchev–Trinajstić information content (AvgIpc) is 2.26. The van der Waals surface area contributed by atoms with Gasteiger partial charge in [0.1, 0.15) is 11.5 Å². The van der Waals surface area contributed by atoms with E-state index in [1.54, 1.807) is 31.2 Å². The summed E-state index contributed by atoms with van der Waals surface area (Å²) in [6.45, 7) is 2.99. The van der Waals surface area contributed by atoms with Crippen LogP contribution >= 0.6 is 0 Å². The molecule has 0 unspecified atom stereocenters. The summed E-state index contributed by atoms with van der Waals surface area (Å²) in [5.41, 5.74) is 0.606. The van der Waals surface area contributed by atoms with Gasteiger partial charge in [0, 0.05) is 10.9 Å². The zero-order chi connectivity index (χ0) is 11.9. The van der Waals surface area contributed by atoms with E-state index in [0.717, 1.165) is 0 Å². The Hall–Kier alpha value is -2.03. The summed E-state index contributed by atoms with van der Waals surface area (Å²) in [6, 6.07) is 6.99. The Morgan fingerprint density at radius 3 is 2.19 bits per heavy atom. The zero-order valence-corrected chi connectivity index (χ0v) is 9.11. The summed E-state index contributed by atoms with van der Waals surface area (Å²) in [4.78, 5) is 11.5. The number of hydrogen-bond donors (Lipinski definition) is 2. The standard InChI is InChI=1S/C13H12O3/c1-7-12(15)10-6-4-3-5-9(10)11(8(2)14)13(7)16/h3-6,15-16H,1-2H3. The number of benzene rings is 2. The number of fused-ring (bicyclic) bond motifs is 1. The summed E-state index contributed by atoms with van der Waals surface area (Å²) < 4.78 is 0. The molecular weight excluding hydrogens is 204 g/mol. The molecule has 82 valence electrons. The number of carbonyl (C=O) groups excluding carboxylic acids is 1. The molecule has 0 radical (unpaired) electrons. The lowest BCUT2D eigenvalue weighted by Gasteiger charge is -2.11. The number of hydrogen-bond acceptors (Lipinski definition) is 3. The number of rotatable bonds is 1. The van der Waals surface area contributed by atoms with E-state index in [1.165, 1.54) is 6.92 Å². The second-order valence-corrected chi connectivity index (χ2v) is 3.80. The molecule has 0 spiro atoms. The highest BCUT2D eigenvalue weighted by molar-refractivity contribution is 6.11. The van der Waals surface area contributed by atoms with Crippen molar-refractivity contribution in [3.8, 4) is 11.5 Å². The fourth-order valence-electron chi connectivity index (χ4n) is 1.89. The number of phenolic OH excluding ortho intramolecular Hbond substituents is 2. The van der Waals surface area contributed by atoms with Crippen molar-refractivity contribution in [1.82, 2.24) is 0 Å². The predicted octanol–water partition coefficient (Wildman–Crippen LogP) is 2.76. The van der Waals surface area contributed by atoms with Crippen LogP contribution in [-0.2, 0) is 0 Å². The van der Waals surface area contributed by atoms with Crippen molar-refractivity contribution in [3.63, 3.8) is 0 Å². The van der Waals surface area contributed by atoms with E-state index in [2.05, 4.69) is 0 Å². The molecule has 0 aromatic heterocycles. The molecule has 0 aliphatic rings. The van der Waals surface area contributed by atoms with Crippen LogP contribution in [0.15, 0.2) is 24.3 Å². The van der Waals surface area contributed by atoms with Crippen molar-refractivity contribution in [1.29, 1.82) is 0 Å². The highest BCUT2D eigenvalue weighted by Gasteiger charge is 2.17. The number of Topliss-reactive ketones (excluding diaryl/α,β-unsaturated/α-hetero) is 1. The summed E-state index contributed by atoms with van der Waals surface area (Å²) in [6.07, 6.45) is 0. The van der Waals surface area contributed by atoms with Gasteiger partial charge in [0.2, 0.25) is 0 Å². The van der Waals surface area contributed by atoms with Crippen molar-refractivity contribution in [2.24, 2.45) is 0 Å². The van der Waals surface area contributed by atoms with E-state index in [0.29, 0.717) is 16.3 Å². The maximum absolute atomic E-state index is 11.5. The first kappa shape index (κ1) is 10.5. The van der Waals surface area contributed by atoms with Crippen LogP contribution in [0, 0.1) is 6.92 Å². The van der Waals surface area contributed by atoms with Gasteiger partial charge in [-0.05, 0) is 19.2 Å². The molecule has 2 aromatic rings. The number of ketones is 1. The molecule has 3 heteroatoms. The lowest BCUT2D eigenvalue weighted by Crippen LogP contribution is -1.97. The van der Waals surface area contributed by atoms with Gasteiger partial charge in [-0.15, -0.1) is 0 Å². The Labute approximate surface area is 93.0 Å². The van der Waals surface area contributed by atoms with E-state index in [9.17, 15) is 15.0 Å². The first-order chi connectivity index (χ1) is 7.54. The number of carbonyl (C=O) groups is 1. The quantitative estimate of drug-likeness (QED) is 0.720. The molecule has 0 amide bonds. The molecule has 16 heavy (non-hydrogen) atoms. The first-order valence-corrected chi connectivity index (χ1v) is 4.98. The molecule has 2 rings (SSSR count). The third-order valence-electron chi connectivity index (χ3n) is 2.75. The van der Waals surface area contributed by atoms with Crippen LogP contribution < -0.4 is 0 Å². The molecule has 2 N–H and O–H groups in total. The molecule has 0 bridgehead atoms. The van der Waals surface area contributed by atoms with Gasteiger partial charge >= 0.3 is 0 Å². The van der Waals surface area contributed by atoms with Crippen molar-refractivity contribution >= 4 is 16.6 Å². The summed E-state index contributed by atoms with van der Waals surface area (Å²) in [5.74, 6) is -0.321. The Kier molecular flexibility index (Phi) is 2.31. The monoisotopic (exact) mass is 216 g/mol. The SMILES string of the molecule is CC(=O)c1c(O)c(C)c(O)c2ccccc12. The van der Waals surface area contributed by atoms with Crippen LogP contribution in [0.25, 0.3) is 10.8 Å². The van der Waals surface area contributed by atoms with E-state index in [-0.39, 0.29) is 22.8 Å². The van der Waals surface area contributed by atoms with E-state index < -0.39 is 0 Å². The first-order valence-electron chi connectivity index (χ1n) is 4.98. The van der Waals surface area contributed by atoms with Gasteiger partial charge in [-0.25, -0.2) is 0 Å². The smallest absolute Gasteiger partial charge is 0.164 e. The minimum atomic E-state index is -0.211. The van der Waals surface area contributed by atoms with Crippen molar-refractivity contribution in [2.75, 3.05) is 0 Å². The van der Waals surface area contributed by atoms with Crippen LogP contribution in [0.5, 0.6) is 11.5 Å². The molecule has 0 aliphatic carbocycles. The molecule has 0 saturated heterocycles. The third kappa shape index (κ3) is 1.33. The summed E-state index contributed by atoms with van der Waals surface area (Å²) in [5, 5.41) is 20.9. The molecule has 0 fully saturated rings. The van der Waals surface area contributed by atoms with Gasteiger partial charge in [-0.1, -0.05) is 24.3 Å². The van der Waals surface area contributed by atoms with Gasteiger partial charge in [0.05, 0.1) is 5.56 Å². The molecule has 0 atom stereocenters. The molecule has 0 aliphatic heterocycles. The van der Waals surface area contributed by atoms with Crippen LogP contribution in [0.1, 0.15) is 22.8 Å². The minimum absolute atomic E-state index is 0.0260. The molecule has 3 nitrogen and oxygen atoms in total. The largest absolute Gasteiger partial charge is 0.507 e. The van der Waals surface area contributed by atoms with Crippen molar-refractivity contribution in [2.45, 2.75) is 13.8 Å². The van der Waals surface area contributed by atoms with Gasteiger partial charge in [-0.2, -0.15) is 0 Å². The molecule has 0 heterocycles. The minimum Gasteiger partial charge on any atom is -0.507 e. The lowest BCUT2D eigenvalue weighted by atomic mass is 9.96. The zero-order valence-electron chi connectivity index (χ0n) is 9.11. The number of phenols is 2. The summed E-state index contributed by atoms with van der Waals surface area (Å²) in [7, 11) is 0. The van der Waals surface area contributed by atoms with Crippen LogP contribution in [0.4, 0.5) is 0 Å². The normalized spacial score (nSPS) is 10.6. The number of aromatic hydroxyl groups is 2.